The third kappa shape index (κ3) is 4.00. The van der Waals surface area contributed by atoms with E-state index in [1.807, 2.05) is 6.07 Å². The van der Waals surface area contributed by atoms with Crippen LogP contribution in [0.3, 0.4) is 0 Å². The number of rotatable bonds is 3. The van der Waals surface area contributed by atoms with Crippen molar-refractivity contribution in [2.45, 2.75) is 6.92 Å². The summed E-state index contributed by atoms with van der Waals surface area (Å²) in [6.45, 7) is 23.9. The number of oxazole rings is 3. The van der Waals surface area contributed by atoms with Crippen molar-refractivity contribution in [3.8, 4) is 47.3 Å². The van der Waals surface area contributed by atoms with Gasteiger partial charge in [0.25, 0.3) is 17.7 Å². The summed E-state index contributed by atoms with van der Waals surface area (Å²) in [6, 6.07) is 13.0. The number of benzene rings is 3. The largest absolute Gasteiger partial charge is 0.435 e. The molecule has 0 aliphatic carbocycles. The van der Waals surface area contributed by atoms with Crippen molar-refractivity contribution in [3.05, 3.63) is 87.3 Å². The highest BCUT2D eigenvalue weighted by Crippen LogP contribution is 2.36. The molecular weight excluding hydrogens is 562 g/mol. The molecule has 4 heterocycles. The van der Waals surface area contributed by atoms with Crippen LogP contribution in [0.15, 0.2) is 49.6 Å². The average Bonchev–Trinajstić information content (AvgIpc) is 3.78. The average molecular weight is 571 g/mol. The molecule has 7 rings (SSSR count). The van der Waals surface area contributed by atoms with Crippen molar-refractivity contribution < 1.29 is 13.3 Å². The number of aryl methyl sites for hydroxylation is 1. The van der Waals surface area contributed by atoms with Crippen molar-refractivity contribution >= 4 is 50.4 Å². The standard InChI is InChI=1S/C30H9N11O3/c1-13-5-22-19(6-14(13)11-31)36-28(42-22)25-39-26(29-37-20-7-15(12-32)16(33-2)9-23(20)43-29)41-27(40-25)30-38-21-8-17(34-3)18(35-4)10-24(21)44-30/h5-10H,1H3. The Labute approximate surface area is 245 Å². The molecule has 0 aliphatic rings. The summed E-state index contributed by atoms with van der Waals surface area (Å²) in [6.07, 6.45) is 0. The molecule has 3 aromatic carbocycles. The van der Waals surface area contributed by atoms with E-state index in [0.717, 1.165) is 0 Å². The fourth-order valence-electron chi connectivity index (χ4n) is 4.42. The molecule has 7 aromatic rings. The van der Waals surface area contributed by atoms with Crippen LogP contribution < -0.4 is 0 Å². The highest BCUT2D eigenvalue weighted by atomic mass is 16.4. The van der Waals surface area contributed by atoms with Crippen LogP contribution in [0, 0.1) is 49.3 Å². The van der Waals surface area contributed by atoms with Crippen molar-refractivity contribution in [3.63, 3.8) is 0 Å². The molecule has 14 nitrogen and oxygen atoms in total. The van der Waals surface area contributed by atoms with Crippen LogP contribution in [0.2, 0.25) is 0 Å². The predicted molar refractivity (Wildman–Crippen MR) is 152 cm³/mol. The lowest BCUT2D eigenvalue weighted by atomic mass is 10.1. The molecule has 14 heteroatoms. The second kappa shape index (κ2) is 9.57. The van der Waals surface area contributed by atoms with Gasteiger partial charge >= 0.3 is 0 Å². The number of nitrogens with zero attached hydrogens (tertiary/aromatic N) is 11. The van der Waals surface area contributed by atoms with Gasteiger partial charge in [0.2, 0.25) is 23.2 Å². The van der Waals surface area contributed by atoms with Crippen LogP contribution in [0.25, 0.3) is 83.0 Å². The summed E-state index contributed by atoms with van der Waals surface area (Å²) in [5, 5.41) is 18.9. The van der Waals surface area contributed by atoms with Crippen LogP contribution >= 0.6 is 0 Å². The van der Waals surface area contributed by atoms with Gasteiger partial charge in [-0.2, -0.15) is 25.5 Å². The van der Waals surface area contributed by atoms with Crippen molar-refractivity contribution in [2.75, 3.05) is 0 Å². The lowest BCUT2D eigenvalue weighted by molar-refractivity contribution is 0.597. The molecular formula is C30H9N11O3. The van der Waals surface area contributed by atoms with Gasteiger partial charge in [-0.25, -0.2) is 24.6 Å². The molecule has 44 heavy (non-hydrogen) atoms. The third-order valence-corrected chi connectivity index (χ3v) is 6.54. The highest BCUT2D eigenvalue weighted by molar-refractivity contribution is 5.88. The molecule has 0 atom stereocenters. The first-order chi connectivity index (χ1) is 21.4. The predicted octanol–water partition coefficient (Wildman–Crippen LogP) is 7.00. The van der Waals surface area contributed by atoms with Crippen molar-refractivity contribution in [2.24, 2.45) is 0 Å². The minimum atomic E-state index is -0.0637. The summed E-state index contributed by atoms with van der Waals surface area (Å²) in [4.78, 5) is 36.9. The first-order valence-corrected chi connectivity index (χ1v) is 12.4. The Hall–Kier alpha value is -7.47. The minimum absolute atomic E-state index is 0.000689. The maximum Gasteiger partial charge on any atom is 0.266 e. The Morgan fingerprint density at radius 1 is 0.545 bits per heavy atom. The SMILES string of the molecule is [C-]#[N+]c1cc2oc(-c3nc(-c4nc5cc(C#N)c(C)cc5o4)nc(-c4nc5cc([N+]#[C-])c([N+]#[C-])cc5o4)n3)nc2cc1C#N. The van der Waals surface area contributed by atoms with Gasteiger partial charge in [-0.1, -0.05) is 0 Å². The molecule has 0 spiro atoms. The lowest BCUT2D eigenvalue weighted by Gasteiger charge is -2.01. The highest BCUT2D eigenvalue weighted by Gasteiger charge is 2.23. The number of hydrogen-bond donors (Lipinski definition) is 0. The van der Waals surface area contributed by atoms with E-state index in [4.69, 9.17) is 33.0 Å². The maximum absolute atomic E-state index is 9.44. The van der Waals surface area contributed by atoms with Gasteiger partial charge in [0, 0.05) is 0 Å². The maximum atomic E-state index is 9.44. The zero-order valence-corrected chi connectivity index (χ0v) is 22.1. The second-order valence-electron chi connectivity index (χ2n) is 9.20. The monoisotopic (exact) mass is 571 g/mol. The van der Waals surface area contributed by atoms with Gasteiger partial charge in [-0.05, 0) is 48.9 Å². The molecule has 0 bridgehead atoms. The first kappa shape index (κ1) is 25.5. The van der Waals surface area contributed by atoms with E-state index >= 15 is 0 Å². The summed E-state index contributed by atoms with van der Waals surface area (Å²) in [7, 11) is 0. The molecule has 0 aliphatic heterocycles. The van der Waals surface area contributed by atoms with Crippen LogP contribution in [-0.4, -0.2) is 29.9 Å². The molecule has 0 unspecified atom stereocenters. The Balaban J connectivity index is 1.45. The zero-order chi connectivity index (χ0) is 30.5. The van der Waals surface area contributed by atoms with Gasteiger partial charge in [0.05, 0.1) is 48.5 Å². The Morgan fingerprint density at radius 3 is 1.43 bits per heavy atom. The zero-order valence-electron chi connectivity index (χ0n) is 22.1. The summed E-state index contributed by atoms with van der Waals surface area (Å²) >= 11 is 0. The van der Waals surface area contributed by atoms with Gasteiger partial charge < -0.3 is 13.3 Å². The molecule has 0 radical (unpaired) electrons. The molecule has 4 aromatic heterocycles. The number of aromatic nitrogens is 6. The summed E-state index contributed by atoms with van der Waals surface area (Å²) in [5.41, 5.74) is 3.46. The fraction of sp³-hybridized carbons (Fsp3) is 0.0333. The van der Waals surface area contributed by atoms with Crippen molar-refractivity contribution in [1.82, 2.24) is 29.9 Å². The fourth-order valence-corrected chi connectivity index (χ4v) is 4.42. The van der Waals surface area contributed by atoms with Crippen LogP contribution in [0.4, 0.5) is 17.1 Å². The molecule has 0 amide bonds. The van der Waals surface area contributed by atoms with E-state index in [0.29, 0.717) is 33.3 Å². The van der Waals surface area contributed by atoms with E-state index in [-0.39, 0.29) is 68.9 Å². The normalized spacial score (nSPS) is 10.7. The van der Waals surface area contributed by atoms with Gasteiger partial charge in [0.15, 0.2) is 17.0 Å². The van der Waals surface area contributed by atoms with Gasteiger partial charge in [0.1, 0.15) is 22.2 Å². The van der Waals surface area contributed by atoms with E-state index in [9.17, 15) is 10.5 Å². The summed E-state index contributed by atoms with van der Waals surface area (Å²) in [5.74, 6) is -0.278. The number of nitriles is 2. The quantitative estimate of drug-likeness (QED) is 0.199. The lowest BCUT2D eigenvalue weighted by Crippen LogP contribution is -2.00. The van der Waals surface area contributed by atoms with Gasteiger partial charge in [-0.15, -0.1) is 0 Å². The Kier molecular flexibility index (Phi) is 5.55. The van der Waals surface area contributed by atoms with E-state index in [2.05, 4.69) is 50.5 Å². The van der Waals surface area contributed by atoms with Crippen LogP contribution in [0.1, 0.15) is 16.7 Å². The molecule has 202 valence electrons. The Morgan fingerprint density at radius 2 is 0.955 bits per heavy atom. The van der Waals surface area contributed by atoms with Crippen LogP contribution in [0.5, 0.6) is 0 Å². The molecule has 0 saturated carbocycles. The first-order valence-electron chi connectivity index (χ1n) is 12.4. The van der Waals surface area contributed by atoms with E-state index < -0.39 is 0 Å². The van der Waals surface area contributed by atoms with Crippen LogP contribution in [-0.2, 0) is 0 Å². The minimum Gasteiger partial charge on any atom is -0.435 e. The molecule has 0 saturated heterocycles. The smallest absolute Gasteiger partial charge is 0.266 e. The Bertz CT molecular complexity index is 2360. The third-order valence-electron chi connectivity index (χ3n) is 6.54. The summed E-state index contributed by atoms with van der Waals surface area (Å²) < 4.78 is 17.7. The molecule has 0 N–H and O–H groups in total. The number of fused-ring (bicyclic) bond motifs is 3. The van der Waals surface area contributed by atoms with E-state index in [1.54, 1.807) is 19.1 Å². The second-order valence-corrected chi connectivity index (χ2v) is 9.20. The van der Waals surface area contributed by atoms with Gasteiger partial charge in [-0.3, -0.25) is 4.85 Å². The van der Waals surface area contributed by atoms with E-state index in [1.165, 1.54) is 24.3 Å². The topological polar surface area (TPSA) is 177 Å². The number of hydrogen-bond acceptors (Lipinski definition) is 11. The molecule has 0 fully saturated rings. The van der Waals surface area contributed by atoms with Crippen molar-refractivity contribution in [1.29, 1.82) is 10.5 Å².